The lowest BCUT2D eigenvalue weighted by Gasteiger charge is -2.11. The zero-order valence-corrected chi connectivity index (χ0v) is 22.3. The molecule has 5 nitrogen and oxygen atoms in total. The van der Waals surface area contributed by atoms with Gasteiger partial charge in [-0.2, -0.15) is 5.10 Å². The van der Waals surface area contributed by atoms with Crippen molar-refractivity contribution in [2.75, 3.05) is 0 Å². The normalized spacial score (nSPS) is 10.9. The second-order valence-corrected chi connectivity index (χ2v) is 9.49. The summed E-state index contributed by atoms with van der Waals surface area (Å²) in [4.78, 5) is 12.8. The van der Waals surface area contributed by atoms with E-state index < -0.39 is 5.91 Å². The largest absolute Gasteiger partial charge is 0.489 e. The highest BCUT2D eigenvalue weighted by atomic mass is 35.5. The van der Waals surface area contributed by atoms with Crippen LogP contribution in [0.5, 0.6) is 11.5 Å². The molecule has 0 aliphatic rings. The number of halogens is 4. The summed E-state index contributed by atoms with van der Waals surface area (Å²) in [6, 6.07) is 24.7. The Labute approximate surface area is 234 Å². The quantitative estimate of drug-likeness (QED) is 0.162. The van der Waals surface area contributed by atoms with Gasteiger partial charge in [0.25, 0.3) is 5.91 Å². The van der Waals surface area contributed by atoms with E-state index in [0.29, 0.717) is 43.8 Å². The van der Waals surface area contributed by atoms with Gasteiger partial charge in [-0.25, -0.2) is 5.43 Å². The van der Waals surface area contributed by atoms with Gasteiger partial charge in [0, 0.05) is 15.6 Å². The second kappa shape index (κ2) is 12.8. The molecule has 0 saturated heterocycles. The van der Waals surface area contributed by atoms with Crippen molar-refractivity contribution in [3.8, 4) is 11.5 Å². The topological polar surface area (TPSA) is 59.9 Å². The first kappa shape index (κ1) is 26.8. The minimum absolute atomic E-state index is 0.179. The van der Waals surface area contributed by atoms with Gasteiger partial charge in [0.1, 0.15) is 24.7 Å². The number of nitrogens with one attached hydrogen (secondary N) is 1. The standard InChI is InChI=1S/C28H20Cl4N2O3/c29-21-10-9-20(25(31)14-21)17-37-27-7-2-1-6-23(27)28(35)34-33-15-18-4-3-5-22(12-18)36-16-19-8-11-24(30)26(32)13-19/h1-15H,16-17H2,(H,34,35)/b33-15-. The summed E-state index contributed by atoms with van der Waals surface area (Å²) in [5.74, 6) is 0.626. The molecule has 0 unspecified atom stereocenters. The molecule has 0 radical (unpaired) electrons. The third kappa shape index (κ3) is 7.63. The molecular weight excluding hydrogens is 554 g/mol. The van der Waals surface area contributed by atoms with Crippen LogP contribution in [-0.2, 0) is 13.2 Å². The number of rotatable bonds is 9. The maximum Gasteiger partial charge on any atom is 0.275 e. The predicted molar refractivity (Wildman–Crippen MR) is 150 cm³/mol. The molecule has 0 heterocycles. The molecule has 0 aliphatic carbocycles. The first-order chi connectivity index (χ1) is 17.9. The van der Waals surface area contributed by atoms with Crippen LogP contribution in [0.3, 0.4) is 0 Å². The second-order valence-electron chi connectivity index (χ2n) is 7.83. The van der Waals surface area contributed by atoms with Gasteiger partial charge in [0.05, 0.1) is 21.8 Å². The van der Waals surface area contributed by atoms with E-state index in [2.05, 4.69) is 10.5 Å². The van der Waals surface area contributed by atoms with E-state index in [-0.39, 0.29) is 6.61 Å². The lowest BCUT2D eigenvalue weighted by molar-refractivity contribution is 0.0950. The van der Waals surface area contributed by atoms with Gasteiger partial charge in [-0.1, -0.05) is 82.8 Å². The fourth-order valence-electron chi connectivity index (χ4n) is 3.28. The molecule has 0 atom stereocenters. The number of carbonyl (C=O) groups excluding carboxylic acids is 1. The zero-order valence-electron chi connectivity index (χ0n) is 19.3. The SMILES string of the molecule is O=C(N/N=C\c1cccc(OCc2ccc(Cl)c(Cl)c2)c1)c1ccccc1OCc1ccc(Cl)cc1Cl. The molecule has 0 fully saturated rings. The van der Waals surface area contributed by atoms with Crippen LogP contribution >= 0.6 is 46.4 Å². The Hall–Kier alpha value is -3.22. The van der Waals surface area contributed by atoms with E-state index in [9.17, 15) is 4.79 Å². The number of hydrazone groups is 1. The number of benzene rings is 4. The highest BCUT2D eigenvalue weighted by Crippen LogP contribution is 2.25. The van der Waals surface area contributed by atoms with Crippen LogP contribution < -0.4 is 14.9 Å². The number of ether oxygens (including phenoxy) is 2. The maximum absolute atomic E-state index is 12.8. The summed E-state index contributed by atoms with van der Waals surface area (Å²) in [5, 5.41) is 6.07. The van der Waals surface area contributed by atoms with Crippen LogP contribution in [0.15, 0.2) is 90.0 Å². The zero-order chi connectivity index (χ0) is 26.2. The molecule has 0 aromatic heterocycles. The fourth-order valence-corrected chi connectivity index (χ4v) is 4.06. The summed E-state index contributed by atoms with van der Waals surface area (Å²) in [5.41, 5.74) is 5.25. The van der Waals surface area contributed by atoms with Crippen LogP contribution in [0.25, 0.3) is 0 Å². The predicted octanol–water partition coefficient (Wildman–Crippen LogP) is 8.22. The fraction of sp³-hybridized carbons (Fsp3) is 0.0714. The highest BCUT2D eigenvalue weighted by molar-refractivity contribution is 6.42. The van der Waals surface area contributed by atoms with Gasteiger partial charge in [-0.3, -0.25) is 4.79 Å². The molecule has 37 heavy (non-hydrogen) atoms. The number of hydrogen-bond acceptors (Lipinski definition) is 4. The summed E-state index contributed by atoms with van der Waals surface area (Å²) < 4.78 is 11.7. The van der Waals surface area contributed by atoms with Crippen molar-refractivity contribution in [3.05, 3.63) is 127 Å². The highest BCUT2D eigenvalue weighted by Gasteiger charge is 2.12. The maximum atomic E-state index is 12.8. The van der Waals surface area contributed by atoms with Gasteiger partial charge in [-0.15, -0.1) is 0 Å². The Morgan fingerprint density at radius 2 is 1.62 bits per heavy atom. The molecule has 188 valence electrons. The Kier molecular flexibility index (Phi) is 9.31. The molecule has 9 heteroatoms. The van der Waals surface area contributed by atoms with Gasteiger partial charge in [0.15, 0.2) is 0 Å². The number of amides is 1. The molecule has 4 aromatic rings. The monoisotopic (exact) mass is 572 g/mol. The third-order valence-corrected chi connectivity index (χ3v) is 6.48. The first-order valence-electron chi connectivity index (χ1n) is 11.0. The molecule has 4 rings (SSSR count). The Morgan fingerprint density at radius 3 is 2.43 bits per heavy atom. The minimum Gasteiger partial charge on any atom is -0.489 e. The van der Waals surface area contributed by atoms with E-state index in [1.807, 2.05) is 24.3 Å². The van der Waals surface area contributed by atoms with Crippen molar-refractivity contribution in [2.45, 2.75) is 13.2 Å². The van der Waals surface area contributed by atoms with Crippen molar-refractivity contribution >= 4 is 58.5 Å². The molecule has 0 saturated carbocycles. The molecular formula is C28H20Cl4N2O3. The Morgan fingerprint density at radius 1 is 0.784 bits per heavy atom. The van der Waals surface area contributed by atoms with Crippen LogP contribution in [0.2, 0.25) is 20.1 Å². The molecule has 0 spiro atoms. The Bertz CT molecular complexity index is 1440. The lowest BCUT2D eigenvalue weighted by atomic mass is 10.2. The lowest BCUT2D eigenvalue weighted by Crippen LogP contribution is -2.18. The molecule has 1 amide bonds. The van der Waals surface area contributed by atoms with Gasteiger partial charge < -0.3 is 9.47 Å². The van der Waals surface area contributed by atoms with Crippen LogP contribution in [0.1, 0.15) is 27.0 Å². The first-order valence-corrected chi connectivity index (χ1v) is 12.6. The number of para-hydroxylation sites is 1. The molecule has 0 bridgehead atoms. The molecule has 4 aromatic carbocycles. The van der Waals surface area contributed by atoms with Crippen molar-refractivity contribution in [3.63, 3.8) is 0 Å². The van der Waals surface area contributed by atoms with Crippen molar-refractivity contribution in [2.24, 2.45) is 5.10 Å². The van der Waals surface area contributed by atoms with E-state index in [4.69, 9.17) is 55.9 Å². The number of hydrogen-bond donors (Lipinski definition) is 1. The average Bonchev–Trinajstić information content (AvgIpc) is 2.89. The summed E-state index contributed by atoms with van der Waals surface area (Å²) in [6.07, 6.45) is 1.53. The minimum atomic E-state index is -0.416. The van der Waals surface area contributed by atoms with Gasteiger partial charge in [0.2, 0.25) is 0 Å². The van der Waals surface area contributed by atoms with E-state index in [1.54, 1.807) is 60.7 Å². The summed E-state index contributed by atoms with van der Waals surface area (Å²) >= 11 is 24.2. The molecule has 0 aliphatic heterocycles. The molecule has 1 N–H and O–H groups in total. The van der Waals surface area contributed by atoms with E-state index in [1.165, 1.54) is 6.21 Å². The van der Waals surface area contributed by atoms with Crippen molar-refractivity contribution < 1.29 is 14.3 Å². The average molecular weight is 574 g/mol. The van der Waals surface area contributed by atoms with E-state index in [0.717, 1.165) is 16.7 Å². The van der Waals surface area contributed by atoms with Crippen LogP contribution in [0.4, 0.5) is 0 Å². The third-order valence-electron chi connectivity index (χ3n) is 5.16. The van der Waals surface area contributed by atoms with Crippen molar-refractivity contribution in [1.82, 2.24) is 5.43 Å². The number of nitrogens with zero attached hydrogens (tertiary/aromatic N) is 1. The van der Waals surface area contributed by atoms with Gasteiger partial charge in [-0.05, 0) is 59.7 Å². The number of carbonyl (C=O) groups is 1. The summed E-state index contributed by atoms with van der Waals surface area (Å²) in [7, 11) is 0. The van der Waals surface area contributed by atoms with Crippen LogP contribution in [-0.4, -0.2) is 12.1 Å². The Balaban J connectivity index is 1.35. The summed E-state index contributed by atoms with van der Waals surface area (Å²) in [6.45, 7) is 0.505. The smallest absolute Gasteiger partial charge is 0.275 e. The van der Waals surface area contributed by atoms with E-state index >= 15 is 0 Å². The van der Waals surface area contributed by atoms with Crippen LogP contribution in [0, 0.1) is 0 Å². The van der Waals surface area contributed by atoms with Crippen molar-refractivity contribution in [1.29, 1.82) is 0 Å². The van der Waals surface area contributed by atoms with Gasteiger partial charge >= 0.3 is 0 Å².